The summed E-state index contributed by atoms with van der Waals surface area (Å²) < 4.78 is 24.5. The SMILES string of the molecule is C[C@@H](Oc1ccc2c(-c3ccc(F)cc3Cl)c[nH]c(=O)c2c1)C(=O)N1CCOC[C@H]1C(N)=O. The molecule has 2 atom stereocenters. The minimum Gasteiger partial charge on any atom is -0.481 e. The number of ether oxygens (including phenoxy) is 2. The molecule has 2 aromatic carbocycles. The van der Waals surface area contributed by atoms with Crippen LogP contribution in [-0.2, 0) is 14.3 Å². The molecule has 3 aromatic rings. The lowest BCUT2D eigenvalue weighted by molar-refractivity contribution is -0.152. The van der Waals surface area contributed by atoms with Crippen molar-refractivity contribution in [1.29, 1.82) is 0 Å². The number of nitrogens with one attached hydrogen (secondary N) is 1. The van der Waals surface area contributed by atoms with Gasteiger partial charge in [0, 0.05) is 23.9 Å². The molecule has 10 heteroatoms. The average Bonchev–Trinajstić information content (AvgIpc) is 2.79. The van der Waals surface area contributed by atoms with Crippen LogP contribution in [0.15, 0.2) is 47.4 Å². The summed E-state index contributed by atoms with van der Waals surface area (Å²) in [7, 11) is 0. The molecule has 2 heterocycles. The van der Waals surface area contributed by atoms with Crippen LogP contribution in [-0.4, -0.2) is 53.6 Å². The van der Waals surface area contributed by atoms with Crippen molar-refractivity contribution >= 4 is 34.2 Å². The molecule has 1 saturated heterocycles. The highest BCUT2D eigenvalue weighted by molar-refractivity contribution is 6.33. The van der Waals surface area contributed by atoms with Gasteiger partial charge < -0.3 is 25.1 Å². The van der Waals surface area contributed by atoms with Gasteiger partial charge in [-0.3, -0.25) is 14.4 Å². The Labute approximate surface area is 193 Å². The van der Waals surface area contributed by atoms with E-state index < -0.39 is 29.8 Å². The number of pyridine rings is 1. The van der Waals surface area contributed by atoms with Crippen LogP contribution in [0, 0.1) is 5.82 Å². The van der Waals surface area contributed by atoms with Gasteiger partial charge in [0.2, 0.25) is 5.91 Å². The fourth-order valence-electron chi connectivity index (χ4n) is 3.83. The summed E-state index contributed by atoms with van der Waals surface area (Å²) in [5.74, 6) is -1.24. The number of nitrogens with two attached hydrogens (primary N) is 1. The summed E-state index contributed by atoms with van der Waals surface area (Å²) in [6, 6.07) is 7.97. The van der Waals surface area contributed by atoms with Crippen LogP contribution in [0.4, 0.5) is 4.39 Å². The highest BCUT2D eigenvalue weighted by atomic mass is 35.5. The minimum atomic E-state index is -0.934. The quantitative estimate of drug-likeness (QED) is 0.590. The minimum absolute atomic E-state index is 0.0356. The summed E-state index contributed by atoms with van der Waals surface area (Å²) >= 11 is 6.21. The Morgan fingerprint density at radius 1 is 1.24 bits per heavy atom. The van der Waals surface area contributed by atoms with Crippen LogP contribution in [0.1, 0.15) is 6.92 Å². The van der Waals surface area contributed by atoms with Crippen LogP contribution < -0.4 is 16.0 Å². The second-order valence-electron chi connectivity index (χ2n) is 7.65. The molecule has 0 radical (unpaired) electrons. The van der Waals surface area contributed by atoms with Gasteiger partial charge in [0.1, 0.15) is 17.6 Å². The molecule has 0 bridgehead atoms. The van der Waals surface area contributed by atoms with Crippen LogP contribution in [0.3, 0.4) is 0 Å². The van der Waals surface area contributed by atoms with Crippen LogP contribution in [0.2, 0.25) is 5.02 Å². The number of halogens is 2. The lowest BCUT2D eigenvalue weighted by atomic mass is 10.0. The highest BCUT2D eigenvalue weighted by Gasteiger charge is 2.34. The van der Waals surface area contributed by atoms with E-state index >= 15 is 0 Å². The van der Waals surface area contributed by atoms with E-state index in [4.69, 9.17) is 26.8 Å². The predicted molar refractivity (Wildman–Crippen MR) is 121 cm³/mol. The van der Waals surface area contributed by atoms with Gasteiger partial charge in [-0.1, -0.05) is 11.6 Å². The third kappa shape index (κ3) is 4.55. The van der Waals surface area contributed by atoms with Gasteiger partial charge in [0.05, 0.1) is 23.6 Å². The number of carbonyl (C=O) groups excluding carboxylic acids is 2. The topological polar surface area (TPSA) is 115 Å². The van der Waals surface area contributed by atoms with E-state index in [1.807, 2.05) is 0 Å². The number of hydrogen-bond donors (Lipinski definition) is 2. The van der Waals surface area contributed by atoms with E-state index in [2.05, 4.69) is 4.98 Å². The fourth-order valence-corrected chi connectivity index (χ4v) is 4.10. The highest BCUT2D eigenvalue weighted by Crippen LogP contribution is 2.33. The molecule has 2 amide bonds. The first-order valence-electron chi connectivity index (χ1n) is 10.2. The smallest absolute Gasteiger partial charge is 0.264 e. The van der Waals surface area contributed by atoms with Crippen molar-refractivity contribution in [3.05, 3.63) is 63.8 Å². The summed E-state index contributed by atoms with van der Waals surface area (Å²) in [6.07, 6.45) is 0.579. The van der Waals surface area contributed by atoms with Gasteiger partial charge >= 0.3 is 0 Å². The maximum absolute atomic E-state index is 13.5. The van der Waals surface area contributed by atoms with E-state index in [1.165, 1.54) is 35.4 Å². The largest absolute Gasteiger partial charge is 0.481 e. The van der Waals surface area contributed by atoms with Crippen molar-refractivity contribution < 1.29 is 23.5 Å². The third-order valence-corrected chi connectivity index (χ3v) is 5.81. The monoisotopic (exact) mass is 473 g/mol. The molecule has 0 unspecified atom stereocenters. The molecule has 0 saturated carbocycles. The molecular formula is C23H21ClFN3O5. The van der Waals surface area contributed by atoms with Gasteiger partial charge in [0.25, 0.3) is 11.5 Å². The van der Waals surface area contributed by atoms with Gasteiger partial charge in [-0.05, 0) is 48.7 Å². The normalized spacial score (nSPS) is 17.1. The Morgan fingerprint density at radius 3 is 2.76 bits per heavy atom. The number of aromatic amines is 1. The summed E-state index contributed by atoms with van der Waals surface area (Å²) in [5, 5.41) is 1.10. The number of fused-ring (bicyclic) bond motifs is 1. The molecule has 1 aromatic heterocycles. The van der Waals surface area contributed by atoms with E-state index in [9.17, 15) is 18.8 Å². The van der Waals surface area contributed by atoms with E-state index in [-0.39, 0.29) is 23.7 Å². The van der Waals surface area contributed by atoms with Gasteiger partial charge in [-0.15, -0.1) is 0 Å². The number of primary amides is 1. The van der Waals surface area contributed by atoms with Crippen molar-refractivity contribution in [3.8, 4) is 16.9 Å². The van der Waals surface area contributed by atoms with Gasteiger partial charge in [-0.2, -0.15) is 0 Å². The van der Waals surface area contributed by atoms with Crippen LogP contribution >= 0.6 is 11.6 Å². The summed E-state index contributed by atoms with van der Waals surface area (Å²) in [6.45, 7) is 2.11. The maximum Gasteiger partial charge on any atom is 0.264 e. The lowest BCUT2D eigenvalue weighted by Crippen LogP contribution is -2.57. The second kappa shape index (κ2) is 9.21. The lowest BCUT2D eigenvalue weighted by Gasteiger charge is -2.35. The molecule has 172 valence electrons. The Bertz CT molecular complexity index is 1290. The van der Waals surface area contributed by atoms with Crippen LogP contribution in [0.5, 0.6) is 5.75 Å². The Balaban J connectivity index is 1.63. The zero-order valence-corrected chi connectivity index (χ0v) is 18.4. The standard InChI is InChI=1S/C23H21ClFN3O5/c1-12(23(31)28-6-7-32-11-20(28)21(26)29)33-14-3-5-15-17(9-14)22(30)27-10-18(15)16-4-2-13(25)8-19(16)24/h2-5,8-10,12,20H,6-7,11H2,1H3,(H2,26,29)(H,27,30)/t12-,20+/m1/s1. The molecule has 0 spiro atoms. The predicted octanol–water partition coefficient (Wildman–Crippen LogP) is 2.47. The summed E-state index contributed by atoms with van der Waals surface area (Å²) in [5.41, 5.74) is 6.19. The fraction of sp³-hybridized carbons (Fsp3) is 0.261. The van der Waals surface area contributed by atoms with Gasteiger partial charge in [0.15, 0.2) is 6.10 Å². The Morgan fingerprint density at radius 2 is 2.03 bits per heavy atom. The van der Waals surface area contributed by atoms with Gasteiger partial charge in [-0.25, -0.2) is 4.39 Å². The first kappa shape index (κ1) is 22.8. The molecule has 3 N–H and O–H groups in total. The van der Waals surface area contributed by atoms with Crippen molar-refractivity contribution in [3.63, 3.8) is 0 Å². The number of benzene rings is 2. The van der Waals surface area contributed by atoms with Crippen molar-refractivity contribution in [2.45, 2.75) is 19.1 Å². The first-order valence-corrected chi connectivity index (χ1v) is 10.6. The number of rotatable bonds is 5. The maximum atomic E-state index is 13.5. The molecular weight excluding hydrogens is 453 g/mol. The molecule has 1 aliphatic heterocycles. The number of aromatic nitrogens is 1. The van der Waals surface area contributed by atoms with Crippen molar-refractivity contribution in [1.82, 2.24) is 9.88 Å². The number of morpholine rings is 1. The molecule has 0 aliphatic carbocycles. The average molecular weight is 474 g/mol. The van der Waals surface area contributed by atoms with E-state index in [0.717, 1.165) is 0 Å². The van der Waals surface area contributed by atoms with Crippen molar-refractivity contribution in [2.24, 2.45) is 5.73 Å². The Kier molecular flexibility index (Phi) is 6.35. The number of nitrogens with zero attached hydrogens (tertiary/aromatic N) is 1. The molecule has 33 heavy (non-hydrogen) atoms. The van der Waals surface area contributed by atoms with E-state index in [1.54, 1.807) is 19.1 Å². The van der Waals surface area contributed by atoms with Crippen molar-refractivity contribution in [2.75, 3.05) is 19.8 Å². The zero-order valence-electron chi connectivity index (χ0n) is 17.6. The number of hydrogen-bond acceptors (Lipinski definition) is 5. The number of carbonyl (C=O) groups is 2. The molecule has 1 fully saturated rings. The Hall–Kier alpha value is -3.43. The van der Waals surface area contributed by atoms with E-state index in [0.29, 0.717) is 34.3 Å². The molecule has 4 rings (SSSR count). The second-order valence-corrected chi connectivity index (χ2v) is 8.06. The summed E-state index contributed by atoms with van der Waals surface area (Å²) in [4.78, 5) is 41.0. The first-order chi connectivity index (χ1) is 15.8. The number of amides is 2. The zero-order chi connectivity index (χ0) is 23.7. The van der Waals surface area contributed by atoms with Crippen LogP contribution in [0.25, 0.3) is 21.9 Å². The number of H-pyrrole nitrogens is 1. The molecule has 1 aliphatic rings. The third-order valence-electron chi connectivity index (χ3n) is 5.50. The molecule has 8 nitrogen and oxygen atoms in total.